The van der Waals surface area contributed by atoms with Crippen molar-refractivity contribution >= 4 is 21.1 Å². The van der Waals surface area contributed by atoms with Crippen molar-refractivity contribution in [3.63, 3.8) is 0 Å². The summed E-state index contributed by atoms with van der Waals surface area (Å²) in [4.78, 5) is 11.7. The summed E-state index contributed by atoms with van der Waals surface area (Å²) in [6, 6.07) is 16.3. The molecule has 0 spiro atoms. The molecule has 0 aliphatic heterocycles. The summed E-state index contributed by atoms with van der Waals surface area (Å²) in [5.41, 5.74) is 4.00. The average molecular weight is 411 g/mol. The van der Waals surface area contributed by atoms with Gasteiger partial charge in [0.2, 0.25) is 10.0 Å². The quantitative estimate of drug-likeness (QED) is 0.529. The molecule has 0 unspecified atom stereocenters. The number of nitrogens with zero attached hydrogens (tertiary/aromatic N) is 2. The molecule has 4 aromatic rings. The molecular formula is C21H21N3O4S. The fourth-order valence-corrected chi connectivity index (χ4v) is 4.28. The van der Waals surface area contributed by atoms with E-state index in [-0.39, 0.29) is 17.0 Å². The largest absolute Gasteiger partial charge is 0.419 e. The molecule has 2 aromatic heterocycles. The number of oxazole rings is 1. The lowest BCUT2D eigenvalue weighted by Gasteiger charge is -2.12. The highest BCUT2D eigenvalue weighted by Crippen LogP contribution is 2.18. The third kappa shape index (κ3) is 3.76. The molecule has 0 atom stereocenters. The monoisotopic (exact) mass is 411 g/mol. The van der Waals surface area contributed by atoms with Crippen LogP contribution in [0.5, 0.6) is 0 Å². The number of hydrogen-bond donors (Lipinski definition) is 1. The molecular weight excluding hydrogens is 390 g/mol. The van der Waals surface area contributed by atoms with Gasteiger partial charge in [0.15, 0.2) is 5.58 Å². The van der Waals surface area contributed by atoms with Gasteiger partial charge in [-0.2, -0.15) is 0 Å². The van der Waals surface area contributed by atoms with Gasteiger partial charge in [-0.1, -0.05) is 24.3 Å². The van der Waals surface area contributed by atoms with E-state index >= 15 is 0 Å². The lowest BCUT2D eigenvalue weighted by atomic mass is 10.1. The van der Waals surface area contributed by atoms with Crippen LogP contribution in [0.3, 0.4) is 0 Å². The lowest BCUT2D eigenvalue weighted by molar-refractivity contribution is 0.527. The summed E-state index contributed by atoms with van der Waals surface area (Å²) >= 11 is 0. The SMILES string of the molecule is Cc1ccccc1Cn1cccc1CNS(=O)(=O)c1ccc2c(c1)oc(=O)n2C. The Morgan fingerprint density at radius 3 is 2.66 bits per heavy atom. The summed E-state index contributed by atoms with van der Waals surface area (Å²) in [5.74, 6) is -0.531. The zero-order chi connectivity index (χ0) is 20.6. The number of aryl methyl sites for hydroxylation is 2. The molecule has 0 amide bonds. The standard InChI is InChI=1S/C21H21N3O4S/c1-15-6-3-4-7-16(15)14-24-11-5-8-17(24)13-22-29(26,27)18-9-10-19-20(12-18)28-21(25)23(19)2/h3-12,22H,13-14H2,1-2H3. The Morgan fingerprint density at radius 1 is 1.07 bits per heavy atom. The second-order valence-corrected chi connectivity index (χ2v) is 8.70. The maximum Gasteiger partial charge on any atom is 0.419 e. The van der Waals surface area contributed by atoms with Crippen molar-refractivity contribution < 1.29 is 12.8 Å². The van der Waals surface area contributed by atoms with E-state index in [4.69, 9.17) is 4.42 Å². The zero-order valence-electron chi connectivity index (χ0n) is 16.1. The number of aromatic nitrogens is 2. The Morgan fingerprint density at radius 2 is 1.86 bits per heavy atom. The maximum atomic E-state index is 12.7. The van der Waals surface area contributed by atoms with Crippen molar-refractivity contribution in [3.05, 3.63) is 88.2 Å². The van der Waals surface area contributed by atoms with Crippen molar-refractivity contribution in [2.45, 2.75) is 24.9 Å². The van der Waals surface area contributed by atoms with Crippen LogP contribution in [-0.4, -0.2) is 17.6 Å². The fraction of sp³-hybridized carbons (Fsp3) is 0.190. The minimum absolute atomic E-state index is 0.0522. The highest BCUT2D eigenvalue weighted by molar-refractivity contribution is 7.89. The van der Waals surface area contributed by atoms with Gasteiger partial charge in [-0.05, 0) is 42.3 Å². The molecule has 0 fully saturated rings. The number of benzene rings is 2. The molecule has 8 heteroatoms. The predicted molar refractivity (Wildman–Crippen MR) is 110 cm³/mol. The van der Waals surface area contributed by atoms with E-state index in [1.54, 1.807) is 13.1 Å². The number of hydrogen-bond acceptors (Lipinski definition) is 4. The van der Waals surface area contributed by atoms with E-state index in [9.17, 15) is 13.2 Å². The molecule has 0 saturated heterocycles. The van der Waals surface area contributed by atoms with Crippen molar-refractivity contribution in [3.8, 4) is 0 Å². The van der Waals surface area contributed by atoms with Crippen LogP contribution < -0.4 is 10.5 Å². The first-order valence-electron chi connectivity index (χ1n) is 9.13. The average Bonchev–Trinajstić information content (AvgIpc) is 3.26. The van der Waals surface area contributed by atoms with Crippen LogP contribution in [0, 0.1) is 6.92 Å². The third-order valence-electron chi connectivity index (χ3n) is 5.04. The molecule has 2 aromatic carbocycles. The molecule has 0 bridgehead atoms. The summed E-state index contributed by atoms with van der Waals surface area (Å²) in [6.07, 6.45) is 1.93. The maximum absolute atomic E-state index is 12.7. The van der Waals surface area contributed by atoms with Gasteiger partial charge >= 0.3 is 5.76 Å². The van der Waals surface area contributed by atoms with Crippen LogP contribution in [0.15, 0.2) is 74.9 Å². The van der Waals surface area contributed by atoms with Gasteiger partial charge in [0, 0.05) is 31.5 Å². The number of sulfonamides is 1. The highest BCUT2D eigenvalue weighted by Gasteiger charge is 2.17. The van der Waals surface area contributed by atoms with Crippen LogP contribution in [-0.2, 0) is 30.2 Å². The van der Waals surface area contributed by atoms with Gasteiger partial charge in [-0.25, -0.2) is 17.9 Å². The van der Waals surface area contributed by atoms with Crippen molar-refractivity contribution in [2.75, 3.05) is 0 Å². The zero-order valence-corrected chi connectivity index (χ0v) is 16.9. The third-order valence-corrected chi connectivity index (χ3v) is 6.44. The Hall–Kier alpha value is -3.10. The van der Waals surface area contributed by atoms with E-state index in [1.165, 1.54) is 27.8 Å². The number of nitrogens with one attached hydrogen (secondary N) is 1. The van der Waals surface area contributed by atoms with Crippen LogP contribution >= 0.6 is 0 Å². The summed E-state index contributed by atoms with van der Waals surface area (Å²) in [6.45, 7) is 2.87. The molecule has 7 nitrogen and oxygen atoms in total. The summed E-state index contributed by atoms with van der Waals surface area (Å²) in [7, 11) is -2.19. The summed E-state index contributed by atoms with van der Waals surface area (Å²) in [5, 5.41) is 0. The van der Waals surface area contributed by atoms with E-state index in [0.29, 0.717) is 12.1 Å². The molecule has 4 rings (SSSR count). The molecule has 0 radical (unpaired) electrons. The van der Waals surface area contributed by atoms with Crippen molar-refractivity contribution in [2.24, 2.45) is 7.05 Å². The molecule has 0 aliphatic rings. The molecule has 1 N–H and O–H groups in total. The van der Waals surface area contributed by atoms with Crippen LogP contribution in [0.4, 0.5) is 0 Å². The van der Waals surface area contributed by atoms with Crippen molar-refractivity contribution in [1.29, 1.82) is 0 Å². The van der Waals surface area contributed by atoms with Gasteiger partial charge in [-0.15, -0.1) is 0 Å². The van der Waals surface area contributed by atoms with Crippen LogP contribution in [0.2, 0.25) is 0 Å². The van der Waals surface area contributed by atoms with Gasteiger partial charge in [-0.3, -0.25) is 4.57 Å². The Bertz CT molecular complexity index is 1350. The smallest absolute Gasteiger partial charge is 0.408 e. The molecule has 2 heterocycles. The molecule has 29 heavy (non-hydrogen) atoms. The van der Waals surface area contributed by atoms with Gasteiger partial charge in [0.05, 0.1) is 17.0 Å². The summed E-state index contributed by atoms with van der Waals surface area (Å²) < 4.78 is 36.6. The van der Waals surface area contributed by atoms with Crippen LogP contribution in [0.25, 0.3) is 11.1 Å². The van der Waals surface area contributed by atoms with E-state index in [1.807, 2.05) is 35.0 Å². The first kappa shape index (κ1) is 19.2. The minimum atomic E-state index is -3.76. The Balaban J connectivity index is 1.54. The second kappa shape index (κ2) is 7.38. The first-order valence-corrected chi connectivity index (χ1v) is 10.6. The van der Waals surface area contributed by atoms with Crippen LogP contribution in [0.1, 0.15) is 16.8 Å². The number of rotatable bonds is 6. The number of fused-ring (bicyclic) bond motifs is 1. The fourth-order valence-electron chi connectivity index (χ4n) is 3.27. The van der Waals surface area contributed by atoms with Gasteiger partial charge in [0.1, 0.15) is 0 Å². The molecule has 0 saturated carbocycles. The van der Waals surface area contributed by atoms with E-state index in [2.05, 4.69) is 23.8 Å². The van der Waals surface area contributed by atoms with Gasteiger partial charge in [0.25, 0.3) is 0 Å². The van der Waals surface area contributed by atoms with Gasteiger partial charge < -0.3 is 8.98 Å². The normalized spacial score (nSPS) is 11.9. The highest BCUT2D eigenvalue weighted by atomic mass is 32.2. The topological polar surface area (TPSA) is 86.2 Å². The predicted octanol–water partition coefficient (Wildman–Crippen LogP) is 2.77. The lowest BCUT2D eigenvalue weighted by Crippen LogP contribution is -2.24. The second-order valence-electron chi connectivity index (χ2n) is 6.93. The Kier molecular flexibility index (Phi) is 4.89. The van der Waals surface area contributed by atoms with Crippen molar-refractivity contribution in [1.82, 2.24) is 13.9 Å². The molecule has 150 valence electrons. The van der Waals surface area contributed by atoms with E-state index < -0.39 is 15.8 Å². The molecule has 0 aliphatic carbocycles. The first-order chi connectivity index (χ1) is 13.8. The Labute approximate surface area is 168 Å². The van der Waals surface area contributed by atoms with E-state index in [0.717, 1.165) is 5.69 Å². The minimum Gasteiger partial charge on any atom is -0.408 e.